The highest BCUT2D eigenvalue weighted by Gasteiger charge is 2.34. The van der Waals surface area contributed by atoms with Crippen molar-refractivity contribution in [1.29, 1.82) is 0 Å². The third kappa shape index (κ3) is 5.15. The lowest BCUT2D eigenvalue weighted by molar-refractivity contribution is -0.133. The minimum Gasteiger partial charge on any atom is -0.353 e. The molecule has 0 bridgehead atoms. The molecule has 1 aliphatic rings. The Bertz CT molecular complexity index is 796. The third-order valence-corrected chi connectivity index (χ3v) is 5.17. The third-order valence-electron chi connectivity index (χ3n) is 5.17. The quantitative estimate of drug-likeness (QED) is 0.763. The Labute approximate surface area is 167 Å². The molecule has 1 aliphatic carbocycles. The Morgan fingerprint density at radius 3 is 2.43 bits per heavy atom. The molecule has 0 atom stereocenters. The lowest BCUT2D eigenvalue weighted by Crippen LogP contribution is -2.49. The largest absolute Gasteiger partial charge is 0.353 e. The maximum atomic E-state index is 13.1. The number of carbonyl (C=O) groups is 2. The predicted octanol–water partition coefficient (Wildman–Crippen LogP) is 3.14. The molecule has 3 amide bonds. The van der Waals surface area contributed by atoms with Gasteiger partial charge in [-0.3, -0.25) is 4.79 Å². The lowest BCUT2D eigenvalue weighted by Gasteiger charge is -2.30. The van der Waals surface area contributed by atoms with Gasteiger partial charge in [-0.25, -0.2) is 4.79 Å². The van der Waals surface area contributed by atoms with Crippen LogP contribution in [-0.4, -0.2) is 44.9 Å². The zero-order valence-corrected chi connectivity index (χ0v) is 17.0. The predicted molar refractivity (Wildman–Crippen MR) is 110 cm³/mol. The Morgan fingerprint density at radius 1 is 1.14 bits per heavy atom. The fraction of sp³-hybridized carbons (Fsp3) is 0.455. The summed E-state index contributed by atoms with van der Waals surface area (Å²) in [6, 6.07) is 13.8. The van der Waals surface area contributed by atoms with Crippen molar-refractivity contribution in [2.75, 3.05) is 6.54 Å². The van der Waals surface area contributed by atoms with Crippen LogP contribution in [-0.2, 0) is 24.9 Å². The van der Waals surface area contributed by atoms with Crippen LogP contribution >= 0.6 is 0 Å². The zero-order valence-electron chi connectivity index (χ0n) is 17.0. The van der Waals surface area contributed by atoms with Gasteiger partial charge in [0.05, 0.1) is 6.54 Å². The van der Waals surface area contributed by atoms with E-state index >= 15 is 0 Å². The van der Waals surface area contributed by atoms with Gasteiger partial charge in [0, 0.05) is 37.6 Å². The van der Waals surface area contributed by atoms with Crippen LogP contribution < -0.4 is 5.32 Å². The summed E-state index contributed by atoms with van der Waals surface area (Å²) in [4.78, 5) is 29.3. The molecule has 1 heterocycles. The van der Waals surface area contributed by atoms with E-state index in [9.17, 15) is 9.59 Å². The molecule has 28 heavy (non-hydrogen) atoms. The summed E-state index contributed by atoms with van der Waals surface area (Å²) in [7, 11) is 1.99. The molecule has 0 unspecified atom stereocenters. The molecular formula is C22H30N4O2. The van der Waals surface area contributed by atoms with Crippen molar-refractivity contribution in [1.82, 2.24) is 19.7 Å². The van der Waals surface area contributed by atoms with Crippen LogP contribution in [0.1, 0.15) is 37.9 Å². The first-order valence-corrected chi connectivity index (χ1v) is 9.93. The van der Waals surface area contributed by atoms with E-state index in [2.05, 4.69) is 5.32 Å². The number of carbonyl (C=O) groups excluding carboxylic acids is 2. The molecule has 6 heteroatoms. The van der Waals surface area contributed by atoms with Gasteiger partial charge in [0.1, 0.15) is 6.54 Å². The Hall–Kier alpha value is -2.76. The van der Waals surface area contributed by atoms with Crippen LogP contribution in [0.3, 0.4) is 0 Å². The Morgan fingerprint density at radius 2 is 1.86 bits per heavy atom. The summed E-state index contributed by atoms with van der Waals surface area (Å²) in [6.45, 7) is 5.01. The molecule has 6 nitrogen and oxygen atoms in total. The van der Waals surface area contributed by atoms with Crippen molar-refractivity contribution in [2.24, 2.45) is 7.05 Å². The van der Waals surface area contributed by atoms with E-state index in [1.807, 2.05) is 79.0 Å². The van der Waals surface area contributed by atoms with Crippen molar-refractivity contribution >= 4 is 11.9 Å². The van der Waals surface area contributed by atoms with E-state index in [-0.39, 0.29) is 24.5 Å². The number of hydrogen-bond donors (Lipinski definition) is 1. The van der Waals surface area contributed by atoms with Gasteiger partial charge in [-0.2, -0.15) is 0 Å². The Balaban J connectivity index is 1.62. The van der Waals surface area contributed by atoms with Crippen molar-refractivity contribution in [3.63, 3.8) is 0 Å². The molecule has 1 saturated carbocycles. The minimum absolute atomic E-state index is 0.00672. The number of rotatable bonds is 8. The van der Waals surface area contributed by atoms with E-state index < -0.39 is 0 Å². The molecule has 3 rings (SSSR count). The van der Waals surface area contributed by atoms with Gasteiger partial charge in [-0.1, -0.05) is 30.3 Å². The molecular weight excluding hydrogens is 352 g/mol. The Kier molecular flexibility index (Phi) is 6.39. The van der Waals surface area contributed by atoms with Gasteiger partial charge in [0.25, 0.3) is 0 Å². The first kappa shape index (κ1) is 20.0. The summed E-state index contributed by atoms with van der Waals surface area (Å²) >= 11 is 0. The second-order valence-electron chi connectivity index (χ2n) is 7.73. The molecule has 2 aromatic rings. The highest BCUT2D eigenvalue weighted by atomic mass is 16.2. The van der Waals surface area contributed by atoms with Gasteiger partial charge in [-0.05, 0) is 44.4 Å². The van der Waals surface area contributed by atoms with E-state index in [0.29, 0.717) is 19.1 Å². The summed E-state index contributed by atoms with van der Waals surface area (Å²) in [5.74, 6) is 0.00672. The van der Waals surface area contributed by atoms with E-state index in [0.717, 1.165) is 24.1 Å². The molecule has 1 aromatic carbocycles. The minimum atomic E-state index is -0.207. The van der Waals surface area contributed by atoms with E-state index in [1.54, 1.807) is 4.90 Å². The standard InChI is InChI=1S/C22H30N4O2/c1-17(2)25(22(28)23-14-18-8-5-4-6-9-18)16-21(27)26(19-11-12-19)15-20-10-7-13-24(20)3/h4-10,13,17,19H,11-12,14-16H2,1-3H3,(H,23,28). The topological polar surface area (TPSA) is 57.6 Å². The average molecular weight is 383 g/mol. The molecule has 0 radical (unpaired) electrons. The van der Waals surface area contributed by atoms with Crippen molar-refractivity contribution in [3.05, 3.63) is 59.9 Å². The maximum Gasteiger partial charge on any atom is 0.318 e. The van der Waals surface area contributed by atoms with Gasteiger partial charge >= 0.3 is 6.03 Å². The van der Waals surface area contributed by atoms with Crippen LogP contribution in [0.4, 0.5) is 4.79 Å². The number of benzene rings is 1. The molecule has 1 N–H and O–H groups in total. The summed E-state index contributed by atoms with van der Waals surface area (Å²) in [5, 5.41) is 2.94. The smallest absolute Gasteiger partial charge is 0.318 e. The zero-order chi connectivity index (χ0) is 20.1. The van der Waals surface area contributed by atoms with Crippen molar-refractivity contribution < 1.29 is 9.59 Å². The van der Waals surface area contributed by atoms with Crippen LogP contribution in [0.2, 0.25) is 0 Å². The number of nitrogens with zero attached hydrogens (tertiary/aromatic N) is 3. The number of hydrogen-bond acceptors (Lipinski definition) is 2. The molecule has 0 aliphatic heterocycles. The first-order chi connectivity index (χ1) is 13.5. The highest BCUT2D eigenvalue weighted by molar-refractivity contribution is 5.84. The van der Waals surface area contributed by atoms with Crippen LogP contribution in [0.15, 0.2) is 48.7 Å². The monoisotopic (exact) mass is 382 g/mol. The fourth-order valence-corrected chi connectivity index (χ4v) is 3.24. The summed E-state index contributed by atoms with van der Waals surface area (Å²) < 4.78 is 2.04. The van der Waals surface area contributed by atoms with Crippen LogP contribution in [0.25, 0.3) is 0 Å². The van der Waals surface area contributed by atoms with Gasteiger partial charge in [0.2, 0.25) is 5.91 Å². The normalized spacial score (nSPS) is 13.4. The van der Waals surface area contributed by atoms with E-state index in [1.165, 1.54) is 0 Å². The molecule has 1 aromatic heterocycles. The van der Waals surface area contributed by atoms with Crippen molar-refractivity contribution in [2.45, 2.75) is 51.9 Å². The van der Waals surface area contributed by atoms with Crippen LogP contribution in [0.5, 0.6) is 0 Å². The van der Waals surface area contributed by atoms with Gasteiger partial charge < -0.3 is 19.7 Å². The van der Waals surface area contributed by atoms with Gasteiger partial charge in [0.15, 0.2) is 0 Å². The molecule has 0 saturated heterocycles. The number of amides is 3. The van der Waals surface area contributed by atoms with Crippen LogP contribution in [0, 0.1) is 0 Å². The van der Waals surface area contributed by atoms with Gasteiger partial charge in [-0.15, -0.1) is 0 Å². The number of nitrogens with one attached hydrogen (secondary N) is 1. The second-order valence-corrected chi connectivity index (χ2v) is 7.73. The van der Waals surface area contributed by atoms with Crippen molar-refractivity contribution in [3.8, 4) is 0 Å². The average Bonchev–Trinajstić information content (AvgIpc) is 3.44. The molecule has 1 fully saturated rings. The number of aryl methyl sites for hydroxylation is 1. The number of aromatic nitrogens is 1. The summed E-state index contributed by atoms with van der Waals surface area (Å²) in [5.41, 5.74) is 2.14. The SMILES string of the molecule is CC(C)N(CC(=O)N(Cc1cccn1C)C1CC1)C(=O)NCc1ccccc1. The molecule has 150 valence electrons. The molecule has 0 spiro atoms. The maximum absolute atomic E-state index is 13.1. The van der Waals surface area contributed by atoms with E-state index in [4.69, 9.17) is 0 Å². The highest BCUT2D eigenvalue weighted by Crippen LogP contribution is 2.28. The summed E-state index contributed by atoms with van der Waals surface area (Å²) in [6.07, 6.45) is 4.07. The second kappa shape index (κ2) is 8.95. The lowest BCUT2D eigenvalue weighted by atomic mass is 10.2. The first-order valence-electron chi connectivity index (χ1n) is 9.93. The number of urea groups is 1. The fourth-order valence-electron chi connectivity index (χ4n) is 3.24.